The third-order valence-electron chi connectivity index (χ3n) is 6.52. The molecule has 4 aromatic rings. The first-order valence-corrected chi connectivity index (χ1v) is 12.2. The van der Waals surface area contributed by atoms with E-state index in [1.54, 1.807) is 13.2 Å². The van der Waals surface area contributed by atoms with Gasteiger partial charge in [0.25, 0.3) is 11.7 Å². The van der Waals surface area contributed by atoms with Crippen LogP contribution in [0.4, 0.5) is 4.39 Å². The standard InChI is InChI=1S/C28H21Cl2FN2O4/c1-37-17-7-9-23-20(13-17)15(14-32-23)10-11-33-25(19-4-2-3-5-22(19)31)24(27(35)28(33)36)26(34)18-8-6-16(29)12-21(18)30/h2-9,12-14,25,32,34H,10-11H2,1H3/t25-/m1/s1. The molecule has 0 bridgehead atoms. The lowest BCUT2D eigenvalue weighted by Gasteiger charge is -2.25. The highest BCUT2D eigenvalue weighted by Crippen LogP contribution is 2.41. The van der Waals surface area contributed by atoms with E-state index >= 15 is 4.39 Å². The van der Waals surface area contributed by atoms with Crippen molar-refractivity contribution < 1.29 is 23.8 Å². The lowest BCUT2D eigenvalue weighted by Crippen LogP contribution is -2.32. The van der Waals surface area contributed by atoms with Crippen molar-refractivity contribution in [2.75, 3.05) is 13.7 Å². The SMILES string of the molecule is COc1ccc2[nH]cc(CCN3C(=O)C(=O)C(=C(O)c4ccc(Cl)cc4Cl)[C@H]3c3ccccc3F)c2c1. The topological polar surface area (TPSA) is 82.6 Å². The van der Waals surface area contributed by atoms with Crippen LogP contribution in [0.15, 0.2) is 72.4 Å². The number of hydrogen-bond donors (Lipinski definition) is 2. The maximum absolute atomic E-state index is 15.0. The van der Waals surface area contributed by atoms with Gasteiger partial charge in [0.1, 0.15) is 17.3 Å². The Morgan fingerprint density at radius 1 is 1.11 bits per heavy atom. The van der Waals surface area contributed by atoms with Crippen molar-refractivity contribution in [3.05, 3.63) is 105 Å². The minimum atomic E-state index is -1.15. The van der Waals surface area contributed by atoms with Crippen molar-refractivity contribution in [3.63, 3.8) is 0 Å². The molecule has 1 atom stereocenters. The maximum Gasteiger partial charge on any atom is 0.295 e. The number of aromatic amines is 1. The molecule has 9 heteroatoms. The van der Waals surface area contributed by atoms with Gasteiger partial charge in [-0.2, -0.15) is 0 Å². The number of aliphatic hydroxyl groups excluding tert-OH is 1. The number of fused-ring (bicyclic) bond motifs is 1. The third kappa shape index (κ3) is 4.45. The minimum Gasteiger partial charge on any atom is -0.507 e. The number of amides is 1. The molecule has 0 aliphatic carbocycles. The van der Waals surface area contributed by atoms with Crippen LogP contribution in [0.2, 0.25) is 10.0 Å². The number of nitrogens with zero attached hydrogens (tertiary/aromatic N) is 1. The van der Waals surface area contributed by atoms with Crippen molar-refractivity contribution in [2.45, 2.75) is 12.5 Å². The van der Waals surface area contributed by atoms with E-state index < -0.39 is 29.3 Å². The van der Waals surface area contributed by atoms with Gasteiger partial charge in [-0.15, -0.1) is 0 Å². The number of ketones is 1. The highest BCUT2D eigenvalue weighted by atomic mass is 35.5. The number of hydrogen-bond acceptors (Lipinski definition) is 4. The first kappa shape index (κ1) is 24.9. The molecular weight excluding hydrogens is 518 g/mol. The average molecular weight is 539 g/mol. The molecule has 5 rings (SSSR count). The summed E-state index contributed by atoms with van der Waals surface area (Å²) in [7, 11) is 1.58. The molecule has 2 N–H and O–H groups in total. The Morgan fingerprint density at radius 2 is 1.89 bits per heavy atom. The summed E-state index contributed by atoms with van der Waals surface area (Å²) in [5, 5.41) is 12.5. The molecule has 1 amide bonds. The molecule has 6 nitrogen and oxygen atoms in total. The molecule has 0 radical (unpaired) electrons. The lowest BCUT2D eigenvalue weighted by molar-refractivity contribution is -0.139. The molecule has 1 aliphatic heterocycles. The Kier molecular flexibility index (Phi) is 6.67. The van der Waals surface area contributed by atoms with Crippen LogP contribution in [-0.4, -0.2) is 40.3 Å². The average Bonchev–Trinajstić information content (AvgIpc) is 3.40. The van der Waals surface area contributed by atoms with E-state index in [1.165, 1.54) is 41.3 Å². The fraction of sp³-hybridized carbons (Fsp3) is 0.143. The molecule has 0 spiro atoms. The second-order valence-electron chi connectivity index (χ2n) is 8.61. The minimum absolute atomic E-state index is 0.0916. The number of nitrogens with one attached hydrogen (secondary N) is 1. The second kappa shape index (κ2) is 9.92. The van der Waals surface area contributed by atoms with E-state index in [4.69, 9.17) is 27.9 Å². The quantitative estimate of drug-likeness (QED) is 0.172. The van der Waals surface area contributed by atoms with Crippen LogP contribution in [0.25, 0.3) is 16.7 Å². The first-order valence-electron chi connectivity index (χ1n) is 11.4. The van der Waals surface area contributed by atoms with Crippen LogP contribution >= 0.6 is 23.2 Å². The molecule has 2 heterocycles. The molecule has 1 fully saturated rings. The van der Waals surface area contributed by atoms with Crippen molar-refractivity contribution >= 4 is 51.6 Å². The van der Waals surface area contributed by atoms with Crippen LogP contribution in [0.5, 0.6) is 5.75 Å². The summed E-state index contributed by atoms with van der Waals surface area (Å²) in [6, 6.07) is 14.7. The van der Waals surface area contributed by atoms with Gasteiger partial charge in [0.15, 0.2) is 0 Å². The Morgan fingerprint density at radius 3 is 2.62 bits per heavy atom. The fourth-order valence-corrected chi connectivity index (χ4v) is 5.19. The van der Waals surface area contributed by atoms with E-state index in [-0.39, 0.29) is 28.3 Å². The van der Waals surface area contributed by atoms with E-state index in [0.717, 1.165) is 16.5 Å². The summed E-state index contributed by atoms with van der Waals surface area (Å²) >= 11 is 12.3. The third-order valence-corrected chi connectivity index (χ3v) is 7.07. The largest absolute Gasteiger partial charge is 0.507 e. The van der Waals surface area contributed by atoms with E-state index in [9.17, 15) is 14.7 Å². The molecule has 0 unspecified atom stereocenters. The van der Waals surface area contributed by atoms with Gasteiger partial charge in [-0.05, 0) is 54.4 Å². The number of carbonyl (C=O) groups excluding carboxylic acids is 2. The fourth-order valence-electron chi connectivity index (χ4n) is 4.69. The predicted octanol–water partition coefficient (Wildman–Crippen LogP) is 6.29. The van der Waals surface area contributed by atoms with Crippen LogP contribution in [-0.2, 0) is 16.0 Å². The Labute approximate surface area is 221 Å². The number of ether oxygens (including phenoxy) is 1. The van der Waals surface area contributed by atoms with Gasteiger partial charge in [-0.25, -0.2) is 4.39 Å². The molecule has 0 saturated carbocycles. The highest BCUT2D eigenvalue weighted by Gasteiger charge is 2.47. The molecule has 1 aliphatic rings. The number of benzene rings is 3. The molecule has 1 saturated heterocycles. The number of halogens is 3. The maximum atomic E-state index is 15.0. The summed E-state index contributed by atoms with van der Waals surface area (Å²) < 4.78 is 20.4. The number of Topliss-reactive ketones (excluding diaryl/α,β-unsaturated/α-hetero) is 1. The number of H-pyrrole nitrogens is 1. The van der Waals surface area contributed by atoms with E-state index in [2.05, 4.69) is 4.98 Å². The number of aromatic nitrogens is 1. The zero-order chi connectivity index (χ0) is 26.3. The Balaban J connectivity index is 1.59. The van der Waals surface area contributed by atoms with E-state index in [0.29, 0.717) is 17.2 Å². The van der Waals surface area contributed by atoms with Crippen LogP contribution in [0.1, 0.15) is 22.7 Å². The molecule has 1 aromatic heterocycles. The van der Waals surface area contributed by atoms with Gasteiger partial charge in [0, 0.05) is 39.8 Å². The van der Waals surface area contributed by atoms with Gasteiger partial charge in [-0.1, -0.05) is 41.4 Å². The zero-order valence-electron chi connectivity index (χ0n) is 19.6. The predicted molar refractivity (Wildman–Crippen MR) is 140 cm³/mol. The summed E-state index contributed by atoms with van der Waals surface area (Å²) in [6.45, 7) is 0.0961. The summed E-state index contributed by atoms with van der Waals surface area (Å²) in [6.07, 6.45) is 2.19. The van der Waals surface area contributed by atoms with Gasteiger partial charge in [0.2, 0.25) is 0 Å². The van der Waals surface area contributed by atoms with Crippen LogP contribution in [0, 0.1) is 5.82 Å². The summed E-state index contributed by atoms with van der Waals surface area (Å²) in [5.41, 5.74) is 1.76. The summed E-state index contributed by atoms with van der Waals surface area (Å²) in [4.78, 5) is 30.9. The van der Waals surface area contributed by atoms with E-state index in [1.807, 2.05) is 24.4 Å². The first-order chi connectivity index (χ1) is 17.8. The normalized spacial score (nSPS) is 17.1. The van der Waals surface area contributed by atoms with Crippen molar-refractivity contribution in [3.8, 4) is 5.75 Å². The van der Waals surface area contributed by atoms with Crippen LogP contribution < -0.4 is 4.74 Å². The lowest BCUT2D eigenvalue weighted by atomic mass is 9.94. The van der Waals surface area contributed by atoms with Crippen LogP contribution in [0.3, 0.4) is 0 Å². The summed E-state index contributed by atoms with van der Waals surface area (Å²) in [5.74, 6) is -2.17. The van der Waals surface area contributed by atoms with Gasteiger partial charge >= 0.3 is 0 Å². The monoisotopic (exact) mass is 538 g/mol. The number of carbonyl (C=O) groups is 2. The van der Waals surface area contributed by atoms with Gasteiger partial charge in [0.05, 0.1) is 23.7 Å². The van der Waals surface area contributed by atoms with Crippen molar-refractivity contribution in [2.24, 2.45) is 0 Å². The van der Waals surface area contributed by atoms with Gasteiger partial charge < -0.3 is 19.7 Å². The van der Waals surface area contributed by atoms with Gasteiger partial charge in [-0.3, -0.25) is 9.59 Å². The highest BCUT2D eigenvalue weighted by molar-refractivity contribution is 6.47. The molecule has 188 valence electrons. The van der Waals surface area contributed by atoms with Crippen molar-refractivity contribution in [1.82, 2.24) is 9.88 Å². The number of methoxy groups -OCH3 is 1. The zero-order valence-corrected chi connectivity index (χ0v) is 21.1. The second-order valence-corrected chi connectivity index (χ2v) is 9.46. The Hall–Kier alpha value is -3.81. The Bertz CT molecular complexity index is 1580. The van der Waals surface area contributed by atoms with Crippen molar-refractivity contribution in [1.29, 1.82) is 0 Å². The number of rotatable bonds is 6. The molecular formula is C28H21Cl2FN2O4. The number of likely N-dealkylation sites (tertiary alicyclic amines) is 1. The molecule has 3 aromatic carbocycles. The smallest absolute Gasteiger partial charge is 0.295 e. The molecule has 37 heavy (non-hydrogen) atoms. The number of aliphatic hydroxyl groups is 1.